The number of hydrogen-bond acceptors (Lipinski definition) is 3. The third-order valence-electron chi connectivity index (χ3n) is 2.93. The van der Waals surface area contributed by atoms with Crippen molar-refractivity contribution in [2.45, 2.75) is 26.0 Å². The smallest absolute Gasteiger partial charge is 0.241 e. The van der Waals surface area contributed by atoms with Crippen molar-refractivity contribution < 1.29 is 13.2 Å². The first-order valence-electron chi connectivity index (χ1n) is 5.71. The van der Waals surface area contributed by atoms with Crippen molar-refractivity contribution in [2.24, 2.45) is 0 Å². The van der Waals surface area contributed by atoms with Gasteiger partial charge < -0.3 is 0 Å². The fourth-order valence-corrected chi connectivity index (χ4v) is 3.01. The Hall–Kier alpha value is -1.62. The maximum atomic E-state index is 12.2. The van der Waals surface area contributed by atoms with Crippen molar-refractivity contribution in [3.8, 4) is 0 Å². The summed E-state index contributed by atoms with van der Waals surface area (Å²) < 4.78 is 25.7. The first kappa shape index (κ1) is 12.8. The molecule has 0 aliphatic rings. The van der Waals surface area contributed by atoms with Crippen LogP contribution in [-0.2, 0) is 10.0 Å². The van der Waals surface area contributed by atoms with Gasteiger partial charge in [0.2, 0.25) is 10.0 Å². The SMILES string of the molecule is CC(=O)c1cn(S(=O)(=O)C(C)C)c2ccccc12. The van der Waals surface area contributed by atoms with Gasteiger partial charge in [-0.2, -0.15) is 0 Å². The van der Waals surface area contributed by atoms with Crippen molar-refractivity contribution in [1.29, 1.82) is 0 Å². The lowest BCUT2D eigenvalue weighted by molar-refractivity contribution is 0.101. The number of rotatable bonds is 3. The minimum absolute atomic E-state index is 0.135. The van der Waals surface area contributed by atoms with Crippen LogP contribution in [0, 0.1) is 0 Å². The Bertz CT molecular complexity index is 711. The first-order chi connectivity index (χ1) is 8.35. The topological polar surface area (TPSA) is 56.1 Å². The fraction of sp³-hybridized carbons (Fsp3) is 0.308. The zero-order valence-electron chi connectivity index (χ0n) is 10.5. The van der Waals surface area contributed by atoms with Crippen molar-refractivity contribution in [1.82, 2.24) is 3.97 Å². The normalized spacial score (nSPS) is 12.2. The van der Waals surface area contributed by atoms with Crippen LogP contribution >= 0.6 is 0 Å². The third-order valence-corrected chi connectivity index (χ3v) is 4.97. The van der Waals surface area contributed by atoms with Crippen LogP contribution in [0.2, 0.25) is 0 Å². The Morgan fingerprint density at radius 2 is 1.83 bits per heavy atom. The second-order valence-electron chi connectivity index (χ2n) is 4.51. The highest BCUT2D eigenvalue weighted by Crippen LogP contribution is 2.24. The van der Waals surface area contributed by atoms with Gasteiger partial charge in [-0.05, 0) is 26.8 Å². The lowest BCUT2D eigenvalue weighted by Crippen LogP contribution is -2.21. The van der Waals surface area contributed by atoms with E-state index >= 15 is 0 Å². The van der Waals surface area contributed by atoms with E-state index in [0.717, 1.165) is 0 Å². The molecule has 0 bridgehead atoms. The van der Waals surface area contributed by atoms with Crippen molar-refractivity contribution in [2.75, 3.05) is 0 Å². The highest BCUT2D eigenvalue weighted by molar-refractivity contribution is 7.90. The van der Waals surface area contributed by atoms with E-state index in [9.17, 15) is 13.2 Å². The molecule has 5 heteroatoms. The second-order valence-corrected chi connectivity index (χ2v) is 6.87. The summed E-state index contributed by atoms with van der Waals surface area (Å²) in [6.45, 7) is 4.68. The molecule has 0 atom stereocenters. The Labute approximate surface area is 106 Å². The summed E-state index contributed by atoms with van der Waals surface area (Å²) in [5.74, 6) is -0.135. The number of ketones is 1. The fourth-order valence-electron chi connectivity index (χ4n) is 1.87. The number of benzene rings is 1. The molecule has 0 unspecified atom stereocenters. The van der Waals surface area contributed by atoms with Gasteiger partial charge in [-0.1, -0.05) is 18.2 Å². The van der Waals surface area contributed by atoms with Crippen molar-refractivity contribution >= 4 is 26.7 Å². The summed E-state index contributed by atoms with van der Waals surface area (Å²) in [6, 6.07) is 7.03. The average Bonchev–Trinajstić information content (AvgIpc) is 2.68. The van der Waals surface area contributed by atoms with Gasteiger partial charge in [-0.15, -0.1) is 0 Å². The van der Waals surface area contributed by atoms with Gasteiger partial charge in [-0.25, -0.2) is 12.4 Å². The summed E-state index contributed by atoms with van der Waals surface area (Å²) in [5.41, 5.74) is 0.992. The number of nitrogens with zero attached hydrogens (tertiary/aromatic N) is 1. The predicted octanol–water partition coefficient (Wildman–Crippen LogP) is 2.43. The highest BCUT2D eigenvalue weighted by Gasteiger charge is 2.23. The average molecular weight is 265 g/mol. The van der Waals surface area contributed by atoms with Crippen LogP contribution in [0.5, 0.6) is 0 Å². The molecule has 0 saturated heterocycles. The first-order valence-corrected chi connectivity index (χ1v) is 7.21. The molecule has 0 amide bonds. The highest BCUT2D eigenvalue weighted by atomic mass is 32.2. The molecule has 4 nitrogen and oxygen atoms in total. The zero-order valence-corrected chi connectivity index (χ0v) is 11.4. The van der Waals surface area contributed by atoms with Crippen molar-refractivity contribution in [3.05, 3.63) is 36.0 Å². The van der Waals surface area contributed by atoms with Gasteiger partial charge in [0.15, 0.2) is 5.78 Å². The van der Waals surface area contributed by atoms with Gasteiger partial charge in [0.1, 0.15) is 0 Å². The maximum absolute atomic E-state index is 12.2. The summed E-state index contributed by atoms with van der Waals surface area (Å²) in [4.78, 5) is 11.6. The molecule has 18 heavy (non-hydrogen) atoms. The molecular formula is C13H15NO3S. The molecule has 1 heterocycles. The lowest BCUT2D eigenvalue weighted by Gasteiger charge is -2.09. The number of aromatic nitrogens is 1. The summed E-state index contributed by atoms with van der Waals surface area (Å²) in [5, 5.41) is 0.141. The number of para-hydroxylation sites is 1. The summed E-state index contributed by atoms with van der Waals surface area (Å²) in [7, 11) is -3.45. The molecule has 0 saturated carbocycles. The third kappa shape index (κ3) is 1.84. The van der Waals surface area contributed by atoms with E-state index in [0.29, 0.717) is 16.5 Å². The van der Waals surface area contributed by atoms with E-state index in [-0.39, 0.29) is 5.78 Å². The molecular weight excluding hydrogens is 250 g/mol. The Morgan fingerprint density at radius 3 is 2.39 bits per heavy atom. The van der Waals surface area contributed by atoms with Crippen LogP contribution in [0.1, 0.15) is 31.1 Å². The number of fused-ring (bicyclic) bond motifs is 1. The van der Waals surface area contributed by atoms with E-state index < -0.39 is 15.3 Å². The maximum Gasteiger partial charge on any atom is 0.241 e. The largest absolute Gasteiger partial charge is 0.294 e. The molecule has 96 valence electrons. The minimum atomic E-state index is -3.45. The molecule has 0 fully saturated rings. The minimum Gasteiger partial charge on any atom is -0.294 e. The summed E-state index contributed by atoms with van der Waals surface area (Å²) >= 11 is 0. The Kier molecular flexibility index (Phi) is 3.02. The molecule has 2 aromatic rings. The van der Waals surface area contributed by atoms with Crippen LogP contribution in [0.4, 0.5) is 0 Å². The molecule has 0 aliphatic carbocycles. The van der Waals surface area contributed by atoms with E-state index in [1.807, 2.05) is 0 Å². The van der Waals surface area contributed by atoms with Gasteiger partial charge >= 0.3 is 0 Å². The van der Waals surface area contributed by atoms with Crippen LogP contribution in [0.15, 0.2) is 30.5 Å². The molecule has 1 aromatic carbocycles. The standard InChI is InChI=1S/C13H15NO3S/c1-9(2)18(16,17)14-8-12(10(3)15)11-6-4-5-7-13(11)14/h4-9H,1-3H3. The van der Waals surface area contributed by atoms with Crippen LogP contribution in [0.25, 0.3) is 10.9 Å². The van der Waals surface area contributed by atoms with Gasteiger partial charge in [0.05, 0.1) is 10.8 Å². The number of Topliss-reactive ketones (excluding diaryl/α,β-unsaturated/α-hetero) is 1. The molecule has 0 spiro atoms. The van der Waals surface area contributed by atoms with E-state index in [1.54, 1.807) is 38.1 Å². The second kappa shape index (κ2) is 4.24. The van der Waals surface area contributed by atoms with E-state index in [2.05, 4.69) is 0 Å². The molecule has 0 aliphatic heterocycles. The van der Waals surface area contributed by atoms with Crippen LogP contribution in [-0.4, -0.2) is 23.4 Å². The zero-order chi connectivity index (χ0) is 13.5. The Morgan fingerprint density at radius 1 is 1.22 bits per heavy atom. The van der Waals surface area contributed by atoms with Gasteiger partial charge in [0, 0.05) is 17.1 Å². The number of carbonyl (C=O) groups is 1. The van der Waals surface area contributed by atoms with Crippen molar-refractivity contribution in [3.63, 3.8) is 0 Å². The van der Waals surface area contributed by atoms with Gasteiger partial charge in [0.25, 0.3) is 0 Å². The molecule has 1 aromatic heterocycles. The number of hydrogen-bond donors (Lipinski definition) is 0. The quantitative estimate of drug-likeness (QED) is 0.801. The van der Waals surface area contributed by atoms with Crippen LogP contribution < -0.4 is 0 Å². The molecule has 0 N–H and O–H groups in total. The van der Waals surface area contributed by atoms with Crippen LogP contribution in [0.3, 0.4) is 0 Å². The lowest BCUT2D eigenvalue weighted by atomic mass is 10.1. The number of carbonyl (C=O) groups excluding carboxylic acids is 1. The van der Waals surface area contributed by atoms with Gasteiger partial charge in [-0.3, -0.25) is 4.79 Å². The monoisotopic (exact) mass is 265 g/mol. The summed E-state index contributed by atoms with van der Waals surface area (Å²) in [6.07, 6.45) is 1.42. The predicted molar refractivity (Wildman–Crippen MR) is 71.4 cm³/mol. The molecule has 0 radical (unpaired) electrons. The van der Waals surface area contributed by atoms with E-state index in [1.165, 1.54) is 17.1 Å². The Balaban J connectivity index is 2.86. The van der Waals surface area contributed by atoms with E-state index in [4.69, 9.17) is 0 Å². The molecule has 2 rings (SSSR count).